The highest BCUT2D eigenvalue weighted by molar-refractivity contribution is 9.11. The zero-order valence-electron chi connectivity index (χ0n) is 11.2. The van der Waals surface area contributed by atoms with E-state index in [0.717, 1.165) is 10.2 Å². The third-order valence-electron chi connectivity index (χ3n) is 5.42. The molecular formula is C15H18Br2O. The fourth-order valence-electron chi connectivity index (χ4n) is 3.60. The number of benzene rings is 1. The van der Waals surface area contributed by atoms with Gasteiger partial charge in [0.05, 0.1) is 4.47 Å². The molecule has 0 N–H and O–H groups in total. The molecule has 1 aliphatic heterocycles. The predicted octanol–water partition coefficient (Wildman–Crippen LogP) is 5.36. The first-order valence-electron chi connectivity index (χ1n) is 6.49. The smallest absolute Gasteiger partial charge is 0.138 e. The molecule has 1 nitrogen and oxygen atoms in total. The van der Waals surface area contributed by atoms with E-state index in [-0.39, 0.29) is 11.0 Å². The van der Waals surface area contributed by atoms with E-state index in [1.807, 2.05) is 0 Å². The zero-order chi connectivity index (χ0) is 13.3. The van der Waals surface area contributed by atoms with Gasteiger partial charge in [0.25, 0.3) is 0 Å². The molecule has 0 radical (unpaired) electrons. The fraction of sp³-hybridized carbons (Fsp3) is 0.600. The Morgan fingerprint density at radius 1 is 1.33 bits per heavy atom. The average Bonchev–Trinajstić information content (AvgIpc) is 2.68. The van der Waals surface area contributed by atoms with Gasteiger partial charge in [-0.05, 0) is 60.2 Å². The molecule has 0 amide bonds. The molecule has 1 aromatic carbocycles. The van der Waals surface area contributed by atoms with Crippen molar-refractivity contribution in [2.45, 2.75) is 51.6 Å². The zero-order valence-corrected chi connectivity index (χ0v) is 14.4. The second kappa shape index (κ2) is 3.76. The van der Waals surface area contributed by atoms with Gasteiger partial charge in [-0.2, -0.15) is 0 Å². The molecule has 1 aromatic rings. The van der Waals surface area contributed by atoms with Crippen LogP contribution in [0.1, 0.15) is 44.7 Å². The third-order valence-corrected chi connectivity index (χ3v) is 7.20. The first-order chi connectivity index (χ1) is 8.31. The summed E-state index contributed by atoms with van der Waals surface area (Å²) in [7, 11) is 0. The van der Waals surface area contributed by atoms with Crippen LogP contribution in [0.25, 0.3) is 0 Å². The minimum Gasteiger partial charge on any atom is -0.485 e. The van der Waals surface area contributed by atoms with Crippen molar-refractivity contribution in [1.29, 1.82) is 0 Å². The maximum Gasteiger partial charge on any atom is 0.138 e. The molecule has 0 aromatic heterocycles. The second-order valence-electron chi connectivity index (χ2n) is 6.15. The Balaban J connectivity index is 2.28. The van der Waals surface area contributed by atoms with E-state index in [2.05, 4.69) is 65.6 Å². The van der Waals surface area contributed by atoms with Gasteiger partial charge in [0.2, 0.25) is 0 Å². The highest BCUT2D eigenvalue weighted by Crippen LogP contribution is 2.62. The Morgan fingerprint density at radius 2 is 2.00 bits per heavy atom. The molecule has 18 heavy (non-hydrogen) atoms. The van der Waals surface area contributed by atoms with Crippen molar-refractivity contribution in [2.24, 2.45) is 5.92 Å². The van der Waals surface area contributed by atoms with E-state index in [1.165, 1.54) is 28.4 Å². The van der Waals surface area contributed by atoms with Crippen LogP contribution in [-0.4, -0.2) is 5.60 Å². The molecule has 3 atom stereocenters. The van der Waals surface area contributed by atoms with Gasteiger partial charge < -0.3 is 4.74 Å². The van der Waals surface area contributed by atoms with Gasteiger partial charge in [0.15, 0.2) is 0 Å². The highest BCUT2D eigenvalue weighted by Gasteiger charge is 2.61. The van der Waals surface area contributed by atoms with Crippen molar-refractivity contribution in [2.75, 3.05) is 0 Å². The summed E-state index contributed by atoms with van der Waals surface area (Å²) in [6, 6.07) is 2.26. The van der Waals surface area contributed by atoms with Gasteiger partial charge in [-0.1, -0.05) is 29.8 Å². The molecule has 0 spiro atoms. The van der Waals surface area contributed by atoms with Gasteiger partial charge in [0.1, 0.15) is 11.4 Å². The summed E-state index contributed by atoms with van der Waals surface area (Å²) in [5, 5.41) is 0. The summed E-state index contributed by atoms with van der Waals surface area (Å²) >= 11 is 7.37. The molecular weight excluding hydrogens is 356 g/mol. The van der Waals surface area contributed by atoms with Crippen LogP contribution in [-0.2, 0) is 5.41 Å². The number of ether oxygens (including phenoxy) is 1. The summed E-state index contributed by atoms with van der Waals surface area (Å²) in [4.78, 5) is 0. The molecule has 0 bridgehead atoms. The van der Waals surface area contributed by atoms with Gasteiger partial charge in [-0.3, -0.25) is 0 Å². The van der Waals surface area contributed by atoms with Crippen LogP contribution in [0, 0.1) is 12.8 Å². The lowest BCUT2D eigenvalue weighted by atomic mass is 9.71. The van der Waals surface area contributed by atoms with Crippen LogP contribution in [0.3, 0.4) is 0 Å². The van der Waals surface area contributed by atoms with E-state index >= 15 is 0 Å². The lowest BCUT2D eigenvalue weighted by Gasteiger charge is -2.36. The lowest BCUT2D eigenvalue weighted by molar-refractivity contribution is 0.0301. The van der Waals surface area contributed by atoms with Crippen LogP contribution in [0.5, 0.6) is 5.75 Å². The number of rotatable bonds is 0. The van der Waals surface area contributed by atoms with Crippen molar-refractivity contribution in [3.63, 3.8) is 0 Å². The Hall–Kier alpha value is -0.0200. The third kappa shape index (κ3) is 1.33. The largest absolute Gasteiger partial charge is 0.485 e. The summed E-state index contributed by atoms with van der Waals surface area (Å²) in [6.07, 6.45) is 2.45. The maximum absolute atomic E-state index is 6.43. The Kier molecular flexibility index (Phi) is 2.71. The SMILES string of the molecule is Cc1c(Br)cc2c(c1Br)O[C@@]1(C)[C@@H](C)CC[C@@]21C. The number of fused-ring (bicyclic) bond motifs is 3. The van der Waals surface area contributed by atoms with Crippen LogP contribution < -0.4 is 4.74 Å². The Morgan fingerprint density at radius 3 is 2.67 bits per heavy atom. The quantitative estimate of drug-likeness (QED) is 0.594. The standard InChI is InChI=1S/C15H18Br2O/c1-8-5-6-14(3)10-7-11(16)9(2)12(17)13(10)18-15(8,14)4/h7-8H,5-6H2,1-4H3/t8-,14-,15-/m0/s1. The molecule has 1 fully saturated rings. The normalized spacial score (nSPS) is 37.3. The maximum atomic E-state index is 6.43. The topological polar surface area (TPSA) is 9.23 Å². The Labute approximate surface area is 126 Å². The number of halogens is 2. The molecule has 2 aliphatic rings. The average molecular weight is 374 g/mol. The Bertz CT molecular complexity index is 540. The second-order valence-corrected chi connectivity index (χ2v) is 7.80. The lowest BCUT2D eigenvalue weighted by Crippen LogP contribution is -2.46. The molecule has 0 saturated heterocycles. The van der Waals surface area contributed by atoms with Gasteiger partial charge >= 0.3 is 0 Å². The van der Waals surface area contributed by atoms with Crippen LogP contribution in [0.4, 0.5) is 0 Å². The first kappa shape index (κ1) is 13.0. The van der Waals surface area contributed by atoms with E-state index in [0.29, 0.717) is 5.92 Å². The summed E-state index contributed by atoms with van der Waals surface area (Å²) in [5.41, 5.74) is 2.65. The highest BCUT2D eigenvalue weighted by atomic mass is 79.9. The molecule has 3 heteroatoms. The van der Waals surface area contributed by atoms with E-state index in [1.54, 1.807) is 0 Å². The summed E-state index contributed by atoms with van der Waals surface area (Å²) < 4.78 is 8.71. The monoisotopic (exact) mass is 372 g/mol. The molecule has 3 rings (SSSR count). The minimum absolute atomic E-state index is 0.0644. The van der Waals surface area contributed by atoms with Crippen LogP contribution in [0.2, 0.25) is 0 Å². The van der Waals surface area contributed by atoms with Crippen molar-refractivity contribution in [3.05, 3.63) is 26.1 Å². The van der Waals surface area contributed by atoms with Gasteiger partial charge in [-0.25, -0.2) is 0 Å². The van der Waals surface area contributed by atoms with E-state index < -0.39 is 0 Å². The van der Waals surface area contributed by atoms with Crippen molar-refractivity contribution in [1.82, 2.24) is 0 Å². The van der Waals surface area contributed by atoms with Gasteiger partial charge in [0, 0.05) is 15.5 Å². The molecule has 1 saturated carbocycles. The van der Waals surface area contributed by atoms with Crippen LogP contribution >= 0.6 is 31.9 Å². The minimum atomic E-state index is -0.0644. The predicted molar refractivity (Wildman–Crippen MR) is 81.4 cm³/mol. The van der Waals surface area contributed by atoms with Gasteiger partial charge in [-0.15, -0.1) is 0 Å². The van der Waals surface area contributed by atoms with Crippen molar-refractivity contribution < 1.29 is 4.74 Å². The molecule has 1 heterocycles. The fourth-order valence-corrected chi connectivity index (χ4v) is 4.80. The van der Waals surface area contributed by atoms with E-state index in [4.69, 9.17) is 4.74 Å². The first-order valence-corrected chi connectivity index (χ1v) is 8.08. The summed E-state index contributed by atoms with van der Waals surface area (Å²) in [5.74, 6) is 1.66. The summed E-state index contributed by atoms with van der Waals surface area (Å²) in [6.45, 7) is 9.06. The molecule has 1 aliphatic carbocycles. The van der Waals surface area contributed by atoms with Crippen molar-refractivity contribution in [3.8, 4) is 5.75 Å². The molecule has 98 valence electrons. The number of hydrogen-bond donors (Lipinski definition) is 0. The molecule has 0 unspecified atom stereocenters. The number of hydrogen-bond acceptors (Lipinski definition) is 1. The van der Waals surface area contributed by atoms with Crippen molar-refractivity contribution >= 4 is 31.9 Å². The van der Waals surface area contributed by atoms with E-state index in [9.17, 15) is 0 Å². The van der Waals surface area contributed by atoms with Crippen LogP contribution in [0.15, 0.2) is 15.0 Å².